The lowest BCUT2D eigenvalue weighted by atomic mass is 10.2. The van der Waals surface area contributed by atoms with Gasteiger partial charge < -0.3 is 5.32 Å². The molecule has 2 heterocycles. The maximum Gasteiger partial charge on any atom is 0.261 e. The molecule has 2 aromatic heterocycles. The quantitative estimate of drug-likeness (QED) is 0.767. The van der Waals surface area contributed by atoms with Crippen molar-refractivity contribution >= 4 is 17.2 Å². The molecule has 1 N–H and O–H groups in total. The summed E-state index contributed by atoms with van der Waals surface area (Å²) in [6.07, 6.45) is 0. The number of aromatic nitrogens is 2. The predicted octanol–water partition coefficient (Wildman–Crippen LogP) is 3.85. The molecule has 3 aromatic rings. The van der Waals surface area contributed by atoms with Crippen molar-refractivity contribution in [2.24, 2.45) is 0 Å². The summed E-state index contributed by atoms with van der Waals surface area (Å²) in [7, 11) is 0. The molecule has 1 aromatic carbocycles. The summed E-state index contributed by atoms with van der Waals surface area (Å²) in [5, 5.41) is 7.63. The van der Waals surface area contributed by atoms with Crippen molar-refractivity contribution in [2.45, 2.75) is 33.9 Å². The Hall–Kier alpha value is -2.40. The van der Waals surface area contributed by atoms with Crippen molar-refractivity contribution in [3.8, 4) is 0 Å². The van der Waals surface area contributed by atoms with Crippen LogP contribution < -0.4 is 5.32 Å². The number of carbonyl (C=O) groups excluding carboxylic acids is 1. The Balaban J connectivity index is 1.71. The maximum atomic E-state index is 12.2. The maximum absolute atomic E-state index is 12.2. The summed E-state index contributed by atoms with van der Waals surface area (Å²) < 4.78 is 2.00. The fraction of sp³-hybridized carbons (Fsp3) is 0.263. The van der Waals surface area contributed by atoms with E-state index in [1.807, 2.05) is 48.9 Å². The van der Waals surface area contributed by atoms with Crippen molar-refractivity contribution < 1.29 is 4.79 Å². The molecule has 0 aliphatic carbocycles. The Labute approximate surface area is 146 Å². The van der Waals surface area contributed by atoms with E-state index in [-0.39, 0.29) is 5.91 Å². The van der Waals surface area contributed by atoms with Crippen LogP contribution in [-0.2, 0) is 13.1 Å². The predicted molar refractivity (Wildman–Crippen MR) is 97.5 cm³/mol. The molecule has 0 spiro atoms. The van der Waals surface area contributed by atoms with Crippen LogP contribution in [0, 0.1) is 20.8 Å². The SMILES string of the molecule is Cc1ccc(C(=O)NCc2c(C)nn(Cc3ccccc3)c2C)s1. The van der Waals surface area contributed by atoms with Crippen molar-refractivity contribution in [1.29, 1.82) is 0 Å². The second kappa shape index (κ2) is 7.01. The number of aryl methyl sites for hydroxylation is 2. The van der Waals surface area contributed by atoms with Gasteiger partial charge in [0.15, 0.2) is 0 Å². The van der Waals surface area contributed by atoms with E-state index in [0.29, 0.717) is 6.54 Å². The summed E-state index contributed by atoms with van der Waals surface area (Å²) >= 11 is 1.51. The lowest BCUT2D eigenvalue weighted by molar-refractivity contribution is 0.0955. The number of benzene rings is 1. The van der Waals surface area contributed by atoms with E-state index in [9.17, 15) is 4.79 Å². The summed E-state index contributed by atoms with van der Waals surface area (Å²) in [6, 6.07) is 14.1. The molecule has 0 saturated carbocycles. The van der Waals surface area contributed by atoms with Crippen LogP contribution in [0.15, 0.2) is 42.5 Å². The first kappa shape index (κ1) is 16.5. The van der Waals surface area contributed by atoms with Gasteiger partial charge in [-0.1, -0.05) is 30.3 Å². The van der Waals surface area contributed by atoms with Gasteiger partial charge in [-0.05, 0) is 38.5 Å². The van der Waals surface area contributed by atoms with Gasteiger partial charge in [-0.25, -0.2) is 0 Å². The van der Waals surface area contributed by atoms with E-state index in [2.05, 4.69) is 29.5 Å². The zero-order valence-corrected chi connectivity index (χ0v) is 15.0. The first-order valence-electron chi connectivity index (χ1n) is 7.96. The van der Waals surface area contributed by atoms with E-state index in [1.165, 1.54) is 16.9 Å². The molecule has 5 heteroatoms. The highest BCUT2D eigenvalue weighted by Gasteiger charge is 2.14. The molecule has 1 amide bonds. The van der Waals surface area contributed by atoms with E-state index in [4.69, 9.17) is 0 Å². The molecule has 4 nitrogen and oxygen atoms in total. The largest absolute Gasteiger partial charge is 0.347 e. The zero-order valence-electron chi connectivity index (χ0n) is 14.2. The van der Waals surface area contributed by atoms with Gasteiger partial charge in [0.1, 0.15) is 0 Å². The first-order chi connectivity index (χ1) is 11.5. The Morgan fingerprint density at radius 1 is 1.12 bits per heavy atom. The topological polar surface area (TPSA) is 46.9 Å². The minimum atomic E-state index is -0.0253. The van der Waals surface area contributed by atoms with Gasteiger partial charge in [0.2, 0.25) is 0 Å². The van der Waals surface area contributed by atoms with E-state index in [0.717, 1.165) is 33.3 Å². The average molecular weight is 339 g/mol. The molecular formula is C19H21N3OS. The lowest BCUT2D eigenvalue weighted by Gasteiger charge is -2.07. The van der Waals surface area contributed by atoms with Crippen molar-refractivity contribution in [1.82, 2.24) is 15.1 Å². The Bertz CT molecular complexity index is 849. The molecule has 0 aliphatic rings. The Morgan fingerprint density at radius 2 is 1.88 bits per heavy atom. The third-order valence-electron chi connectivity index (χ3n) is 4.10. The number of thiophene rings is 1. The van der Waals surface area contributed by atoms with Gasteiger partial charge in [0, 0.05) is 22.7 Å². The highest BCUT2D eigenvalue weighted by atomic mass is 32.1. The van der Waals surface area contributed by atoms with E-state index < -0.39 is 0 Å². The van der Waals surface area contributed by atoms with Crippen LogP contribution in [0.3, 0.4) is 0 Å². The highest BCUT2D eigenvalue weighted by molar-refractivity contribution is 7.13. The van der Waals surface area contributed by atoms with Gasteiger partial charge in [0.05, 0.1) is 17.1 Å². The third kappa shape index (κ3) is 3.57. The van der Waals surface area contributed by atoms with Crippen LogP contribution in [0.25, 0.3) is 0 Å². The first-order valence-corrected chi connectivity index (χ1v) is 8.77. The molecule has 0 saturated heterocycles. The molecule has 3 rings (SSSR count). The average Bonchev–Trinajstić information content (AvgIpc) is 3.11. The molecular weight excluding hydrogens is 318 g/mol. The number of amides is 1. The van der Waals surface area contributed by atoms with E-state index >= 15 is 0 Å². The molecule has 0 radical (unpaired) electrons. The fourth-order valence-corrected chi connectivity index (χ4v) is 3.50. The molecule has 0 aliphatic heterocycles. The van der Waals surface area contributed by atoms with Crippen LogP contribution in [0.5, 0.6) is 0 Å². The van der Waals surface area contributed by atoms with Crippen LogP contribution in [0.2, 0.25) is 0 Å². The standard InChI is InChI=1S/C19H21N3OS/c1-13-9-10-18(24-13)19(23)20-11-17-14(2)21-22(15(17)3)12-16-7-5-4-6-8-16/h4-10H,11-12H2,1-3H3,(H,20,23). The second-order valence-corrected chi connectivity index (χ2v) is 7.17. The number of rotatable bonds is 5. The second-order valence-electron chi connectivity index (χ2n) is 5.89. The smallest absolute Gasteiger partial charge is 0.261 e. The van der Waals surface area contributed by atoms with Gasteiger partial charge in [-0.2, -0.15) is 5.10 Å². The lowest BCUT2D eigenvalue weighted by Crippen LogP contribution is -2.22. The molecule has 124 valence electrons. The minimum absolute atomic E-state index is 0.0253. The van der Waals surface area contributed by atoms with Crippen molar-refractivity contribution in [3.05, 3.63) is 74.7 Å². The highest BCUT2D eigenvalue weighted by Crippen LogP contribution is 2.17. The van der Waals surface area contributed by atoms with Crippen molar-refractivity contribution in [3.63, 3.8) is 0 Å². The number of nitrogens with one attached hydrogen (secondary N) is 1. The third-order valence-corrected chi connectivity index (χ3v) is 5.10. The summed E-state index contributed by atoms with van der Waals surface area (Å²) in [5.74, 6) is -0.0253. The number of nitrogens with zero attached hydrogens (tertiary/aromatic N) is 2. The van der Waals surface area contributed by atoms with Crippen LogP contribution >= 0.6 is 11.3 Å². The molecule has 0 unspecified atom stereocenters. The summed E-state index contributed by atoms with van der Waals surface area (Å²) in [6.45, 7) is 7.29. The monoisotopic (exact) mass is 339 g/mol. The zero-order chi connectivity index (χ0) is 17.1. The number of hydrogen-bond donors (Lipinski definition) is 1. The molecule has 0 bridgehead atoms. The number of carbonyl (C=O) groups is 1. The van der Waals surface area contributed by atoms with Gasteiger partial charge in [-0.15, -0.1) is 11.3 Å². The van der Waals surface area contributed by atoms with Gasteiger partial charge in [-0.3, -0.25) is 9.48 Å². The Kier molecular flexibility index (Phi) is 4.81. The Morgan fingerprint density at radius 3 is 2.54 bits per heavy atom. The molecule has 0 atom stereocenters. The minimum Gasteiger partial charge on any atom is -0.347 e. The van der Waals surface area contributed by atoms with Crippen LogP contribution in [0.4, 0.5) is 0 Å². The summed E-state index contributed by atoms with van der Waals surface area (Å²) in [4.78, 5) is 14.1. The summed E-state index contributed by atoms with van der Waals surface area (Å²) in [5.41, 5.74) is 4.37. The number of hydrogen-bond acceptors (Lipinski definition) is 3. The van der Waals surface area contributed by atoms with Crippen molar-refractivity contribution in [2.75, 3.05) is 0 Å². The molecule has 24 heavy (non-hydrogen) atoms. The molecule has 0 fully saturated rings. The van der Waals surface area contributed by atoms with Gasteiger partial charge >= 0.3 is 0 Å². The normalized spacial score (nSPS) is 10.8. The van der Waals surface area contributed by atoms with Gasteiger partial charge in [0.25, 0.3) is 5.91 Å². The van der Waals surface area contributed by atoms with E-state index in [1.54, 1.807) is 0 Å². The van der Waals surface area contributed by atoms with Crippen LogP contribution in [-0.4, -0.2) is 15.7 Å². The van der Waals surface area contributed by atoms with Crippen LogP contribution in [0.1, 0.15) is 37.1 Å². The fourth-order valence-electron chi connectivity index (χ4n) is 2.71.